The van der Waals surface area contributed by atoms with E-state index in [1.807, 2.05) is 44.2 Å². The van der Waals surface area contributed by atoms with E-state index in [1.54, 1.807) is 53.1 Å². The third-order valence-corrected chi connectivity index (χ3v) is 8.59. The summed E-state index contributed by atoms with van der Waals surface area (Å²) >= 11 is 0. The predicted molar refractivity (Wildman–Crippen MR) is 181 cm³/mol. The number of amides is 1. The molecule has 3 aromatic carbocycles. The molecule has 0 spiro atoms. The number of hydrogen-bond acceptors (Lipinski definition) is 8. The number of esters is 1. The zero-order valence-electron chi connectivity index (χ0n) is 26.7. The Morgan fingerprint density at radius 3 is 2.35 bits per heavy atom. The summed E-state index contributed by atoms with van der Waals surface area (Å²) in [7, 11) is -3.76. The molecule has 0 aliphatic heterocycles. The number of nitrogens with one attached hydrogen (secondary N) is 2. The molecule has 0 saturated carbocycles. The number of aromatic nitrogens is 2. The minimum absolute atomic E-state index is 0.0156. The van der Waals surface area contributed by atoms with Crippen LogP contribution in [0, 0.1) is 5.92 Å². The van der Waals surface area contributed by atoms with Gasteiger partial charge in [0.1, 0.15) is 11.3 Å². The lowest BCUT2D eigenvalue weighted by molar-refractivity contribution is -0.165. The first kappa shape index (κ1) is 33.9. The summed E-state index contributed by atoms with van der Waals surface area (Å²) in [4.78, 5) is 41.2. The second-order valence-electron chi connectivity index (χ2n) is 11.8. The smallest absolute Gasteiger partial charge is 0.410 e. The molecule has 0 saturated heterocycles. The largest absolute Gasteiger partial charge is 0.477 e. The molecule has 2 heterocycles. The third kappa shape index (κ3) is 8.68. The Morgan fingerprint density at radius 1 is 0.896 bits per heavy atom. The average molecular weight is 673 g/mol. The molecule has 250 valence electrons. The number of benzene rings is 3. The highest BCUT2D eigenvalue weighted by Gasteiger charge is 2.20. The number of ether oxygens (including phenoxy) is 2. The molecule has 48 heavy (non-hydrogen) atoms. The Bertz CT molecular complexity index is 2080. The number of alkyl carbamates (subject to hydrolysis) is 1. The SMILES string of the molecule is CC(C)CC(=O)O[C@H](C)OC(=O)NCc1ccc2cc(C(=O)O)n(Cc3cc(NS(=O)(=O)Cc4ccccc4)cc4ccccc34)c2n1. The van der Waals surface area contributed by atoms with Crippen LogP contribution in [0.25, 0.3) is 21.8 Å². The fourth-order valence-electron chi connectivity index (χ4n) is 5.31. The minimum atomic E-state index is -3.76. The highest BCUT2D eigenvalue weighted by atomic mass is 32.2. The molecule has 5 aromatic rings. The maximum Gasteiger partial charge on any atom is 0.410 e. The van der Waals surface area contributed by atoms with E-state index in [4.69, 9.17) is 9.47 Å². The molecule has 0 fully saturated rings. The second-order valence-corrected chi connectivity index (χ2v) is 13.5. The molecule has 5 rings (SSSR count). The second kappa shape index (κ2) is 14.6. The van der Waals surface area contributed by atoms with Gasteiger partial charge in [0.15, 0.2) is 0 Å². The van der Waals surface area contributed by atoms with Gasteiger partial charge < -0.3 is 24.5 Å². The molecule has 3 N–H and O–H groups in total. The van der Waals surface area contributed by atoms with Crippen LogP contribution in [0.15, 0.2) is 84.9 Å². The highest BCUT2D eigenvalue weighted by molar-refractivity contribution is 7.91. The lowest BCUT2D eigenvalue weighted by atomic mass is 10.0. The maximum atomic E-state index is 13.1. The Morgan fingerprint density at radius 2 is 1.62 bits per heavy atom. The number of fused-ring (bicyclic) bond motifs is 2. The van der Waals surface area contributed by atoms with Gasteiger partial charge in [-0.2, -0.15) is 0 Å². The van der Waals surface area contributed by atoms with Crippen LogP contribution in [0.3, 0.4) is 0 Å². The van der Waals surface area contributed by atoms with E-state index in [2.05, 4.69) is 15.0 Å². The predicted octanol–water partition coefficient (Wildman–Crippen LogP) is 6.04. The van der Waals surface area contributed by atoms with Crippen molar-refractivity contribution in [3.63, 3.8) is 0 Å². The highest BCUT2D eigenvalue weighted by Crippen LogP contribution is 2.28. The molecule has 2 aromatic heterocycles. The number of sulfonamides is 1. The normalized spacial score (nSPS) is 12.2. The van der Waals surface area contributed by atoms with Crippen molar-refractivity contribution in [2.75, 3.05) is 4.72 Å². The van der Waals surface area contributed by atoms with Crippen molar-refractivity contribution in [2.24, 2.45) is 5.92 Å². The molecule has 0 radical (unpaired) electrons. The van der Waals surface area contributed by atoms with Gasteiger partial charge in [0.25, 0.3) is 0 Å². The summed E-state index contributed by atoms with van der Waals surface area (Å²) in [5, 5.41) is 14.8. The number of carboxylic acids is 1. The Labute approximate surface area is 277 Å². The topological polar surface area (TPSA) is 166 Å². The zero-order chi connectivity index (χ0) is 34.4. The lowest BCUT2D eigenvalue weighted by Crippen LogP contribution is -2.30. The molecule has 0 unspecified atom stereocenters. The van der Waals surface area contributed by atoms with Crippen LogP contribution in [0.1, 0.15) is 54.5 Å². The number of carbonyl (C=O) groups is 3. The molecule has 0 bridgehead atoms. The first-order valence-corrected chi connectivity index (χ1v) is 16.9. The van der Waals surface area contributed by atoms with Gasteiger partial charge in [0, 0.05) is 24.4 Å². The van der Waals surface area contributed by atoms with Crippen LogP contribution in [-0.4, -0.2) is 47.4 Å². The summed E-state index contributed by atoms with van der Waals surface area (Å²) in [6.07, 6.45) is -1.71. The molecule has 12 nitrogen and oxygen atoms in total. The van der Waals surface area contributed by atoms with Gasteiger partial charge in [-0.1, -0.05) is 68.4 Å². The summed E-state index contributed by atoms with van der Waals surface area (Å²) in [5.41, 5.74) is 2.41. The van der Waals surface area contributed by atoms with Crippen molar-refractivity contribution < 1.29 is 37.4 Å². The Balaban J connectivity index is 1.39. The first-order chi connectivity index (χ1) is 22.9. The van der Waals surface area contributed by atoms with Crippen molar-refractivity contribution in [2.45, 2.75) is 52.3 Å². The first-order valence-electron chi connectivity index (χ1n) is 15.3. The number of pyridine rings is 1. The summed E-state index contributed by atoms with van der Waals surface area (Å²) in [6, 6.07) is 24.6. The molecular weight excluding hydrogens is 636 g/mol. The van der Waals surface area contributed by atoms with Crippen molar-refractivity contribution in [3.05, 3.63) is 107 Å². The van der Waals surface area contributed by atoms with Crippen LogP contribution >= 0.6 is 0 Å². The van der Waals surface area contributed by atoms with Gasteiger partial charge in [-0.15, -0.1) is 0 Å². The fraction of sp³-hybridized carbons (Fsp3) is 0.257. The number of anilines is 1. The summed E-state index contributed by atoms with van der Waals surface area (Å²) in [6.45, 7) is 5.20. The molecule has 1 amide bonds. The van der Waals surface area contributed by atoms with Gasteiger partial charge >= 0.3 is 18.0 Å². The van der Waals surface area contributed by atoms with E-state index < -0.39 is 34.3 Å². The molecule has 13 heteroatoms. The number of nitrogens with zero attached hydrogens (tertiary/aromatic N) is 2. The number of hydrogen-bond donors (Lipinski definition) is 3. The zero-order valence-corrected chi connectivity index (χ0v) is 27.5. The molecule has 0 aliphatic rings. The van der Waals surface area contributed by atoms with Gasteiger partial charge in [-0.3, -0.25) is 9.52 Å². The van der Waals surface area contributed by atoms with E-state index in [1.165, 1.54) is 13.0 Å². The third-order valence-electron chi connectivity index (χ3n) is 7.33. The molecular formula is C35H36N4O8S. The van der Waals surface area contributed by atoms with E-state index >= 15 is 0 Å². The van der Waals surface area contributed by atoms with Gasteiger partial charge in [0.05, 0.1) is 24.5 Å². The molecule has 1 atom stereocenters. The average Bonchev–Trinajstić information content (AvgIpc) is 3.37. The standard InChI is InChI=1S/C35H36N4O8S/c1-22(2)15-32(40)46-23(3)47-35(43)36-19-28-14-13-26-18-31(34(41)42)39(33(26)37-28)20-27-17-29(16-25-11-7-8-12-30(25)27)38-48(44,45)21-24-9-5-4-6-10-24/h4-14,16-18,22-23,38H,15,19-21H2,1-3H3,(H,36,43)(H,41,42)/t23-/m0/s1. The minimum Gasteiger partial charge on any atom is -0.477 e. The van der Waals surface area contributed by atoms with Crippen molar-refractivity contribution in [1.29, 1.82) is 0 Å². The van der Waals surface area contributed by atoms with E-state index in [9.17, 15) is 27.9 Å². The van der Waals surface area contributed by atoms with Gasteiger partial charge in [-0.25, -0.2) is 23.0 Å². The fourth-order valence-corrected chi connectivity index (χ4v) is 6.49. The Kier molecular flexibility index (Phi) is 10.3. The lowest BCUT2D eigenvalue weighted by Gasteiger charge is -2.16. The monoisotopic (exact) mass is 672 g/mol. The summed E-state index contributed by atoms with van der Waals surface area (Å²) < 4.78 is 40.6. The van der Waals surface area contributed by atoms with Crippen molar-refractivity contribution in [3.8, 4) is 0 Å². The van der Waals surface area contributed by atoms with Crippen LogP contribution in [0.2, 0.25) is 0 Å². The van der Waals surface area contributed by atoms with Gasteiger partial charge in [0.2, 0.25) is 16.3 Å². The van der Waals surface area contributed by atoms with Crippen molar-refractivity contribution in [1.82, 2.24) is 14.9 Å². The van der Waals surface area contributed by atoms with Crippen LogP contribution < -0.4 is 10.0 Å². The number of carbonyl (C=O) groups excluding carboxylic acids is 2. The van der Waals surface area contributed by atoms with Crippen molar-refractivity contribution >= 4 is 55.5 Å². The van der Waals surface area contributed by atoms with Crippen LogP contribution in [-0.2, 0) is 43.1 Å². The van der Waals surface area contributed by atoms with E-state index in [0.717, 1.165) is 10.8 Å². The van der Waals surface area contributed by atoms with Gasteiger partial charge in [-0.05, 0) is 58.1 Å². The van der Waals surface area contributed by atoms with E-state index in [0.29, 0.717) is 33.5 Å². The number of carboxylic acid groups (broad SMARTS) is 1. The van der Waals surface area contributed by atoms with E-state index in [-0.39, 0.29) is 36.9 Å². The van der Waals surface area contributed by atoms with Crippen LogP contribution in [0.5, 0.6) is 0 Å². The number of aromatic carboxylic acids is 1. The quantitative estimate of drug-likeness (QED) is 0.0999. The summed E-state index contributed by atoms with van der Waals surface area (Å²) in [5.74, 6) is -1.75. The maximum absolute atomic E-state index is 13.1. The Hall–Kier alpha value is -5.43. The molecule has 0 aliphatic carbocycles. The number of rotatable bonds is 13. The van der Waals surface area contributed by atoms with Crippen LogP contribution in [0.4, 0.5) is 10.5 Å².